The van der Waals surface area contributed by atoms with Crippen molar-refractivity contribution >= 4 is 38.5 Å². The summed E-state index contributed by atoms with van der Waals surface area (Å²) in [5.74, 6) is 0.436. The van der Waals surface area contributed by atoms with E-state index in [2.05, 4.69) is 31.2 Å². The molecule has 0 saturated carbocycles. The molecule has 0 aliphatic rings. The highest BCUT2D eigenvalue weighted by molar-refractivity contribution is 9.10. The summed E-state index contributed by atoms with van der Waals surface area (Å²) in [6.45, 7) is 0. The molecule has 0 spiro atoms. The van der Waals surface area contributed by atoms with E-state index in [-0.39, 0.29) is 5.56 Å². The topological polar surface area (TPSA) is 57.8 Å². The largest absolute Gasteiger partial charge is 0.326 e. The van der Waals surface area contributed by atoms with E-state index in [1.54, 1.807) is 6.07 Å². The van der Waals surface area contributed by atoms with Gasteiger partial charge >= 0.3 is 0 Å². The molecule has 0 aliphatic carbocycles. The number of hydrogen-bond acceptors (Lipinski definition) is 3. The van der Waals surface area contributed by atoms with Crippen molar-refractivity contribution in [1.82, 2.24) is 9.97 Å². The van der Waals surface area contributed by atoms with Gasteiger partial charge in [0.1, 0.15) is 0 Å². The standard InChI is InChI=1S/C14H10BrN3O/c15-9-5-7-10(8-6-9)16-14-17-12-4-2-1-3-11(12)13(19)18-14/h1-8H,(H2,16,17,18,19). The molecule has 3 rings (SSSR count). The highest BCUT2D eigenvalue weighted by Gasteiger charge is 2.03. The van der Waals surface area contributed by atoms with Crippen LogP contribution in [0.1, 0.15) is 0 Å². The lowest BCUT2D eigenvalue weighted by Gasteiger charge is -2.06. The SMILES string of the molecule is O=c1[nH]c(Nc2ccc(Br)cc2)nc2ccccc12. The van der Waals surface area contributed by atoms with Gasteiger partial charge in [0, 0.05) is 10.2 Å². The monoisotopic (exact) mass is 315 g/mol. The Kier molecular flexibility index (Phi) is 3.05. The highest BCUT2D eigenvalue weighted by atomic mass is 79.9. The Labute approximate surface area is 117 Å². The summed E-state index contributed by atoms with van der Waals surface area (Å²) in [6.07, 6.45) is 0. The van der Waals surface area contributed by atoms with Gasteiger partial charge in [-0.1, -0.05) is 28.1 Å². The fraction of sp³-hybridized carbons (Fsp3) is 0. The molecule has 1 aromatic heterocycles. The number of nitrogens with zero attached hydrogens (tertiary/aromatic N) is 1. The van der Waals surface area contributed by atoms with Gasteiger partial charge in [0.2, 0.25) is 5.95 Å². The lowest BCUT2D eigenvalue weighted by Crippen LogP contribution is -2.11. The number of aromatic nitrogens is 2. The summed E-state index contributed by atoms with van der Waals surface area (Å²) < 4.78 is 0.998. The lowest BCUT2D eigenvalue weighted by molar-refractivity contribution is 1.17. The molecule has 0 aliphatic heterocycles. The number of para-hydroxylation sites is 1. The summed E-state index contributed by atoms with van der Waals surface area (Å²) in [5.41, 5.74) is 1.39. The predicted molar refractivity (Wildman–Crippen MR) is 79.8 cm³/mol. The zero-order valence-electron chi connectivity index (χ0n) is 9.85. The first-order valence-corrected chi connectivity index (χ1v) is 6.53. The molecule has 0 unspecified atom stereocenters. The van der Waals surface area contributed by atoms with Gasteiger partial charge < -0.3 is 5.32 Å². The summed E-state index contributed by atoms with van der Waals surface area (Å²) >= 11 is 3.37. The van der Waals surface area contributed by atoms with Gasteiger partial charge in [0.05, 0.1) is 10.9 Å². The van der Waals surface area contributed by atoms with Crippen LogP contribution in [0, 0.1) is 0 Å². The van der Waals surface area contributed by atoms with Crippen molar-refractivity contribution in [3.8, 4) is 0 Å². The van der Waals surface area contributed by atoms with Gasteiger partial charge in [-0.15, -0.1) is 0 Å². The van der Waals surface area contributed by atoms with Gasteiger partial charge in [-0.05, 0) is 36.4 Å². The van der Waals surface area contributed by atoms with E-state index in [0.717, 1.165) is 10.2 Å². The Morgan fingerprint density at radius 2 is 1.79 bits per heavy atom. The summed E-state index contributed by atoms with van der Waals surface area (Å²) in [7, 11) is 0. The molecule has 2 aromatic carbocycles. The number of fused-ring (bicyclic) bond motifs is 1. The third-order valence-corrected chi connectivity index (χ3v) is 3.25. The van der Waals surface area contributed by atoms with E-state index < -0.39 is 0 Å². The van der Waals surface area contributed by atoms with Crippen LogP contribution in [0.4, 0.5) is 11.6 Å². The van der Waals surface area contributed by atoms with Crippen molar-refractivity contribution < 1.29 is 0 Å². The Morgan fingerprint density at radius 3 is 2.58 bits per heavy atom. The Balaban J connectivity index is 2.01. The summed E-state index contributed by atoms with van der Waals surface area (Å²) in [4.78, 5) is 19.0. The number of anilines is 2. The van der Waals surface area contributed by atoms with E-state index in [4.69, 9.17) is 0 Å². The van der Waals surface area contributed by atoms with Crippen molar-refractivity contribution in [2.45, 2.75) is 0 Å². The van der Waals surface area contributed by atoms with Gasteiger partial charge in [-0.3, -0.25) is 9.78 Å². The molecule has 0 amide bonds. The molecule has 2 N–H and O–H groups in total. The number of nitrogens with one attached hydrogen (secondary N) is 2. The van der Waals surface area contributed by atoms with Crippen molar-refractivity contribution in [2.75, 3.05) is 5.32 Å². The molecule has 0 bridgehead atoms. The maximum atomic E-state index is 11.9. The van der Waals surface area contributed by atoms with Crippen molar-refractivity contribution in [3.05, 3.63) is 63.4 Å². The first-order chi connectivity index (χ1) is 9.22. The third kappa shape index (κ3) is 2.51. The molecule has 1 heterocycles. The molecule has 94 valence electrons. The normalized spacial score (nSPS) is 10.6. The zero-order valence-corrected chi connectivity index (χ0v) is 11.4. The summed E-state index contributed by atoms with van der Waals surface area (Å²) in [6, 6.07) is 14.9. The number of halogens is 1. The molecule has 0 radical (unpaired) electrons. The number of rotatable bonds is 2. The quantitative estimate of drug-likeness (QED) is 0.761. The number of H-pyrrole nitrogens is 1. The molecule has 4 nitrogen and oxygen atoms in total. The smallest absolute Gasteiger partial charge is 0.260 e. The van der Waals surface area contributed by atoms with Gasteiger partial charge in [-0.25, -0.2) is 4.98 Å². The van der Waals surface area contributed by atoms with Gasteiger partial charge in [0.15, 0.2) is 0 Å². The fourth-order valence-corrected chi connectivity index (χ4v) is 2.08. The second kappa shape index (κ2) is 4.85. The molecule has 0 saturated heterocycles. The van der Waals surface area contributed by atoms with Crippen LogP contribution in [0.2, 0.25) is 0 Å². The summed E-state index contributed by atoms with van der Waals surface area (Å²) in [5, 5.41) is 3.66. The van der Waals surface area contributed by atoms with Crippen LogP contribution in [0.3, 0.4) is 0 Å². The van der Waals surface area contributed by atoms with E-state index in [9.17, 15) is 4.79 Å². The fourth-order valence-electron chi connectivity index (χ4n) is 1.82. The van der Waals surface area contributed by atoms with Crippen LogP contribution >= 0.6 is 15.9 Å². The average molecular weight is 316 g/mol. The molecular weight excluding hydrogens is 306 g/mol. The second-order valence-electron chi connectivity index (χ2n) is 4.06. The van der Waals surface area contributed by atoms with Crippen LogP contribution in [0.25, 0.3) is 10.9 Å². The van der Waals surface area contributed by atoms with Crippen molar-refractivity contribution in [2.24, 2.45) is 0 Å². The lowest BCUT2D eigenvalue weighted by atomic mass is 10.2. The van der Waals surface area contributed by atoms with Crippen LogP contribution in [0.15, 0.2) is 57.8 Å². The Morgan fingerprint density at radius 1 is 1.05 bits per heavy atom. The van der Waals surface area contributed by atoms with Crippen molar-refractivity contribution in [1.29, 1.82) is 0 Å². The molecular formula is C14H10BrN3O. The van der Waals surface area contributed by atoms with Crippen LogP contribution in [0.5, 0.6) is 0 Å². The number of aromatic amines is 1. The van der Waals surface area contributed by atoms with Gasteiger partial charge in [0.25, 0.3) is 5.56 Å². The number of hydrogen-bond donors (Lipinski definition) is 2. The van der Waals surface area contributed by atoms with E-state index >= 15 is 0 Å². The van der Waals surface area contributed by atoms with E-state index in [1.807, 2.05) is 42.5 Å². The minimum atomic E-state index is -0.148. The Bertz CT molecular complexity index is 781. The minimum Gasteiger partial charge on any atom is -0.326 e. The predicted octanol–water partition coefficient (Wildman–Crippen LogP) is 3.43. The maximum Gasteiger partial charge on any atom is 0.260 e. The minimum absolute atomic E-state index is 0.148. The molecule has 19 heavy (non-hydrogen) atoms. The van der Waals surface area contributed by atoms with Crippen LogP contribution < -0.4 is 10.9 Å². The highest BCUT2D eigenvalue weighted by Crippen LogP contribution is 2.17. The first kappa shape index (κ1) is 11.9. The molecule has 0 atom stereocenters. The van der Waals surface area contributed by atoms with Crippen LogP contribution in [-0.2, 0) is 0 Å². The Hall–Kier alpha value is -2.14. The van der Waals surface area contributed by atoms with E-state index in [0.29, 0.717) is 16.9 Å². The average Bonchev–Trinajstić information content (AvgIpc) is 2.42. The van der Waals surface area contributed by atoms with E-state index in [1.165, 1.54) is 0 Å². The molecule has 3 aromatic rings. The maximum absolute atomic E-state index is 11.9. The number of benzene rings is 2. The van der Waals surface area contributed by atoms with Crippen LogP contribution in [-0.4, -0.2) is 9.97 Å². The molecule has 0 fully saturated rings. The second-order valence-corrected chi connectivity index (χ2v) is 4.98. The molecule has 5 heteroatoms. The van der Waals surface area contributed by atoms with Crippen molar-refractivity contribution in [3.63, 3.8) is 0 Å². The third-order valence-electron chi connectivity index (χ3n) is 2.72. The zero-order chi connectivity index (χ0) is 13.2. The first-order valence-electron chi connectivity index (χ1n) is 5.74. The van der Waals surface area contributed by atoms with Gasteiger partial charge in [-0.2, -0.15) is 0 Å².